The first kappa shape index (κ1) is 38.4. The van der Waals surface area contributed by atoms with Gasteiger partial charge in [-0.2, -0.15) is 0 Å². The molecule has 0 unspecified atom stereocenters. The minimum absolute atomic E-state index is 0.0393. The molecular weight excluding hydrogens is 620 g/mol. The van der Waals surface area contributed by atoms with Gasteiger partial charge in [-0.15, -0.1) is 13.2 Å². The van der Waals surface area contributed by atoms with Gasteiger partial charge in [0, 0.05) is 19.5 Å². The van der Waals surface area contributed by atoms with Gasteiger partial charge in [-0.05, 0) is 48.8 Å². The number of hydrogen-bond donors (Lipinski definition) is 2. The first-order valence-corrected chi connectivity index (χ1v) is 16.7. The highest BCUT2D eigenvalue weighted by atomic mass is 16.6. The monoisotopic (exact) mass is 668 g/mol. The topological polar surface area (TPSA) is 122 Å². The minimum atomic E-state index is -1.31. The van der Waals surface area contributed by atoms with Gasteiger partial charge in [0.1, 0.15) is 13.2 Å². The molecule has 0 aliphatic rings. The average Bonchev–Trinajstić information content (AvgIpc) is 3.12. The van der Waals surface area contributed by atoms with Crippen LogP contribution in [0.1, 0.15) is 48.8 Å². The summed E-state index contributed by atoms with van der Waals surface area (Å²) < 4.78 is 11.2. The lowest BCUT2D eigenvalue weighted by Gasteiger charge is -2.25. The SMILES string of the molecule is C=CCCC[C@H](Cc1ccccc1)C(=O)OC[C@@H](NC(=O)[C@H](CC=C)CC(=O)N(CCO)Cc1ccccc1)C(=O)OCc1ccccc1. The number of rotatable bonds is 22. The molecule has 0 heterocycles. The number of carbonyl (C=O) groups is 4. The van der Waals surface area contributed by atoms with Crippen LogP contribution in [-0.2, 0) is 48.2 Å². The molecule has 0 aromatic heterocycles. The van der Waals surface area contributed by atoms with Crippen LogP contribution >= 0.6 is 0 Å². The normalized spacial score (nSPS) is 12.5. The summed E-state index contributed by atoms with van der Waals surface area (Å²) in [7, 11) is 0. The second-order valence-corrected chi connectivity index (χ2v) is 11.8. The van der Waals surface area contributed by atoms with Crippen molar-refractivity contribution in [3.05, 3.63) is 133 Å². The van der Waals surface area contributed by atoms with E-state index in [1.165, 1.54) is 11.0 Å². The predicted molar refractivity (Wildman–Crippen MR) is 189 cm³/mol. The Morgan fingerprint density at radius 2 is 1.39 bits per heavy atom. The van der Waals surface area contributed by atoms with Crippen LogP contribution in [0.2, 0.25) is 0 Å². The summed E-state index contributed by atoms with van der Waals surface area (Å²) in [5, 5.41) is 12.3. The van der Waals surface area contributed by atoms with E-state index in [0.717, 1.165) is 29.5 Å². The zero-order valence-corrected chi connectivity index (χ0v) is 28.1. The van der Waals surface area contributed by atoms with Gasteiger partial charge in [-0.3, -0.25) is 14.4 Å². The molecule has 3 rings (SSSR count). The number of esters is 2. The Labute approximate surface area is 289 Å². The molecule has 49 heavy (non-hydrogen) atoms. The Balaban J connectivity index is 1.74. The standard InChI is InChI=1S/C40H48N2O7/c1-3-5-9-23-35(26-31-17-10-6-11-18-31)39(46)49-30-36(40(47)48-29-33-21-14-8-15-22-33)41-38(45)34(16-4-2)27-37(44)42(24-25-43)28-32-19-12-7-13-20-32/h3-4,6-8,10-15,17-22,34-36,43H,1-2,5,9,16,23-30H2,(H,41,45)/t34-,35-,36-/m1/s1. The van der Waals surface area contributed by atoms with E-state index in [1.807, 2.05) is 78.9 Å². The molecule has 0 aliphatic heterocycles. The molecule has 0 fully saturated rings. The molecule has 3 aromatic rings. The maximum absolute atomic E-state index is 13.7. The van der Waals surface area contributed by atoms with E-state index in [-0.39, 0.29) is 45.1 Å². The quantitative estimate of drug-likeness (QED) is 0.0815. The fourth-order valence-corrected chi connectivity index (χ4v) is 5.32. The Kier molecular flexibility index (Phi) is 17.1. The number of nitrogens with one attached hydrogen (secondary N) is 1. The fraction of sp³-hybridized carbons (Fsp3) is 0.350. The zero-order chi connectivity index (χ0) is 35.3. The van der Waals surface area contributed by atoms with Crippen molar-refractivity contribution in [1.29, 1.82) is 0 Å². The number of aliphatic hydroxyl groups excluding tert-OH is 1. The molecular formula is C40H48N2O7. The number of amides is 2. The smallest absolute Gasteiger partial charge is 0.332 e. The van der Waals surface area contributed by atoms with Crippen LogP contribution in [0, 0.1) is 11.8 Å². The van der Waals surface area contributed by atoms with E-state index < -0.39 is 42.3 Å². The van der Waals surface area contributed by atoms with Gasteiger partial charge in [0.25, 0.3) is 0 Å². The second kappa shape index (κ2) is 21.8. The lowest BCUT2D eigenvalue weighted by atomic mass is 9.94. The van der Waals surface area contributed by atoms with Crippen LogP contribution in [-0.4, -0.2) is 59.6 Å². The molecule has 2 N–H and O–H groups in total. The molecule has 0 saturated carbocycles. The number of benzene rings is 3. The van der Waals surface area contributed by atoms with Crippen molar-refractivity contribution < 1.29 is 33.8 Å². The van der Waals surface area contributed by atoms with Crippen LogP contribution in [0.5, 0.6) is 0 Å². The lowest BCUT2D eigenvalue weighted by molar-refractivity contribution is -0.157. The molecule has 3 aromatic carbocycles. The van der Waals surface area contributed by atoms with Crippen LogP contribution in [0.25, 0.3) is 0 Å². The van der Waals surface area contributed by atoms with E-state index in [9.17, 15) is 24.3 Å². The van der Waals surface area contributed by atoms with Crippen molar-refractivity contribution in [2.75, 3.05) is 19.8 Å². The predicted octanol–water partition coefficient (Wildman–Crippen LogP) is 5.58. The summed E-state index contributed by atoms with van der Waals surface area (Å²) in [6.07, 6.45) is 5.81. The number of unbranched alkanes of at least 4 members (excludes halogenated alkanes) is 1. The lowest BCUT2D eigenvalue weighted by Crippen LogP contribution is -2.48. The van der Waals surface area contributed by atoms with E-state index >= 15 is 0 Å². The van der Waals surface area contributed by atoms with Gasteiger partial charge in [0.2, 0.25) is 11.8 Å². The maximum Gasteiger partial charge on any atom is 0.332 e. The van der Waals surface area contributed by atoms with Gasteiger partial charge < -0.3 is 24.8 Å². The third kappa shape index (κ3) is 13.9. The summed E-state index contributed by atoms with van der Waals surface area (Å²) in [5.74, 6) is -3.51. The molecule has 9 heteroatoms. The van der Waals surface area contributed by atoms with Crippen molar-refractivity contribution in [2.45, 2.75) is 57.7 Å². The van der Waals surface area contributed by atoms with Crippen LogP contribution < -0.4 is 5.32 Å². The van der Waals surface area contributed by atoms with Gasteiger partial charge in [0.15, 0.2) is 6.04 Å². The van der Waals surface area contributed by atoms with Gasteiger partial charge in [-0.1, -0.05) is 103 Å². The number of hydrogen-bond acceptors (Lipinski definition) is 7. The van der Waals surface area contributed by atoms with Crippen molar-refractivity contribution >= 4 is 23.8 Å². The summed E-state index contributed by atoms with van der Waals surface area (Å²) in [5.41, 5.74) is 2.61. The van der Waals surface area contributed by atoms with Gasteiger partial charge in [-0.25, -0.2) is 4.79 Å². The third-order valence-electron chi connectivity index (χ3n) is 8.02. The Morgan fingerprint density at radius 3 is 1.98 bits per heavy atom. The summed E-state index contributed by atoms with van der Waals surface area (Å²) in [4.78, 5) is 55.3. The number of nitrogens with zero attached hydrogens (tertiary/aromatic N) is 1. The van der Waals surface area contributed by atoms with Crippen LogP contribution in [0.3, 0.4) is 0 Å². The molecule has 9 nitrogen and oxygen atoms in total. The highest BCUT2D eigenvalue weighted by Gasteiger charge is 2.31. The summed E-state index contributed by atoms with van der Waals surface area (Å²) >= 11 is 0. The molecule has 0 aliphatic carbocycles. The summed E-state index contributed by atoms with van der Waals surface area (Å²) in [6, 6.07) is 26.7. The molecule has 0 bridgehead atoms. The largest absolute Gasteiger partial charge is 0.463 e. The molecule has 3 atom stereocenters. The molecule has 0 saturated heterocycles. The molecule has 2 amide bonds. The Hall–Kier alpha value is -5.02. The number of aliphatic hydroxyl groups is 1. The highest BCUT2D eigenvalue weighted by Crippen LogP contribution is 2.19. The van der Waals surface area contributed by atoms with Crippen LogP contribution in [0.15, 0.2) is 116 Å². The molecule has 260 valence electrons. The highest BCUT2D eigenvalue weighted by molar-refractivity contribution is 5.89. The molecule has 0 spiro atoms. The summed E-state index contributed by atoms with van der Waals surface area (Å²) in [6.45, 7) is 7.16. The number of allylic oxidation sites excluding steroid dienone is 2. The minimum Gasteiger partial charge on any atom is -0.463 e. The first-order chi connectivity index (χ1) is 23.8. The second-order valence-electron chi connectivity index (χ2n) is 11.8. The van der Waals surface area contributed by atoms with Crippen LogP contribution in [0.4, 0.5) is 0 Å². The third-order valence-corrected chi connectivity index (χ3v) is 8.02. The molecule has 0 radical (unpaired) electrons. The fourth-order valence-electron chi connectivity index (χ4n) is 5.32. The van der Waals surface area contributed by atoms with Crippen molar-refractivity contribution in [2.24, 2.45) is 11.8 Å². The Morgan fingerprint density at radius 1 is 0.776 bits per heavy atom. The maximum atomic E-state index is 13.7. The van der Waals surface area contributed by atoms with Crippen molar-refractivity contribution in [3.63, 3.8) is 0 Å². The number of ether oxygens (including phenoxy) is 2. The van der Waals surface area contributed by atoms with Gasteiger partial charge in [0.05, 0.1) is 18.4 Å². The Bertz CT molecular complexity index is 1460. The van der Waals surface area contributed by atoms with Gasteiger partial charge >= 0.3 is 11.9 Å². The van der Waals surface area contributed by atoms with Crippen molar-refractivity contribution in [1.82, 2.24) is 10.2 Å². The van der Waals surface area contributed by atoms with E-state index in [4.69, 9.17) is 9.47 Å². The van der Waals surface area contributed by atoms with E-state index in [2.05, 4.69) is 18.5 Å². The van der Waals surface area contributed by atoms with Crippen molar-refractivity contribution in [3.8, 4) is 0 Å². The first-order valence-electron chi connectivity index (χ1n) is 16.7. The number of carbonyl (C=O) groups excluding carboxylic acids is 4. The van der Waals surface area contributed by atoms with E-state index in [1.54, 1.807) is 18.2 Å². The zero-order valence-electron chi connectivity index (χ0n) is 28.1. The average molecular weight is 669 g/mol. The van der Waals surface area contributed by atoms with E-state index in [0.29, 0.717) is 12.8 Å².